The highest BCUT2D eigenvalue weighted by Gasteiger charge is 2.25. The van der Waals surface area contributed by atoms with Crippen LogP contribution in [0.2, 0.25) is 5.02 Å². The van der Waals surface area contributed by atoms with E-state index in [1.54, 1.807) is 12.1 Å². The summed E-state index contributed by atoms with van der Waals surface area (Å²) in [5.74, 6) is 2.31. The van der Waals surface area contributed by atoms with Crippen LogP contribution >= 0.6 is 11.6 Å². The molecule has 2 aromatic carbocycles. The average Bonchev–Trinajstić information content (AvgIpc) is 2.70. The topological polar surface area (TPSA) is 9.23 Å². The smallest absolute Gasteiger partial charge is 0.153 e. The predicted octanol–water partition coefficient (Wildman–Crippen LogP) is 7.86. The molecule has 27 heavy (non-hydrogen) atoms. The summed E-state index contributed by atoms with van der Waals surface area (Å²) in [5, 5.41) is 0.0404. The molecular weight excluding hydrogens is 359 g/mol. The molecular formula is C24H30ClFO. The van der Waals surface area contributed by atoms with Gasteiger partial charge in [0.1, 0.15) is 10.8 Å². The van der Waals surface area contributed by atoms with E-state index in [0.717, 1.165) is 17.4 Å². The van der Waals surface area contributed by atoms with Crippen molar-refractivity contribution in [2.75, 3.05) is 7.11 Å². The Labute approximate surface area is 167 Å². The van der Waals surface area contributed by atoms with Crippen molar-refractivity contribution in [3.63, 3.8) is 0 Å². The maximum absolute atomic E-state index is 14.6. The SMILES string of the molecule is CCCC(C)C1CCC(c2ccc(-c3ccc(OC)c(Cl)c3F)cc2)CC1. The third-order valence-electron chi connectivity index (χ3n) is 6.28. The fraction of sp³-hybridized carbons (Fsp3) is 0.500. The molecule has 1 saturated carbocycles. The molecule has 1 unspecified atom stereocenters. The van der Waals surface area contributed by atoms with Crippen molar-refractivity contribution in [2.45, 2.75) is 58.3 Å². The Hall–Kier alpha value is -1.54. The number of methoxy groups -OCH3 is 1. The third kappa shape index (κ3) is 4.48. The van der Waals surface area contributed by atoms with Crippen molar-refractivity contribution in [3.05, 3.63) is 52.8 Å². The van der Waals surface area contributed by atoms with Crippen molar-refractivity contribution in [1.82, 2.24) is 0 Å². The van der Waals surface area contributed by atoms with Gasteiger partial charge in [-0.25, -0.2) is 4.39 Å². The lowest BCUT2D eigenvalue weighted by molar-refractivity contribution is 0.235. The summed E-state index contributed by atoms with van der Waals surface area (Å²) in [7, 11) is 1.49. The fourth-order valence-electron chi connectivity index (χ4n) is 4.56. The molecule has 0 saturated heterocycles. The van der Waals surface area contributed by atoms with Gasteiger partial charge in [0.15, 0.2) is 5.82 Å². The second-order valence-electron chi connectivity index (χ2n) is 7.94. The lowest BCUT2D eigenvalue weighted by atomic mass is 9.73. The van der Waals surface area contributed by atoms with Crippen LogP contribution in [0.25, 0.3) is 11.1 Å². The van der Waals surface area contributed by atoms with Crippen molar-refractivity contribution < 1.29 is 9.13 Å². The number of hydrogen-bond donors (Lipinski definition) is 0. The third-order valence-corrected chi connectivity index (χ3v) is 6.63. The Morgan fingerprint density at radius 1 is 1.07 bits per heavy atom. The largest absolute Gasteiger partial charge is 0.495 e. The Kier molecular flexibility index (Phi) is 6.81. The van der Waals surface area contributed by atoms with E-state index in [9.17, 15) is 4.39 Å². The van der Waals surface area contributed by atoms with Crippen LogP contribution in [-0.4, -0.2) is 7.11 Å². The van der Waals surface area contributed by atoms with Crippen LogP contribution in [0.3, 0.4) is 0 Å². The molecule has 0 aliphatic heterocycles. The lowest BCUT2D eigenvalue weighted by Gasteiger charge is -2.32. The second-order valence-corrected chi connectivity index (χ2v) is 8.32. The predicted molar refractivity (Wildman–Crippen MR) is 112 cm³/mol. The van der Waals surface area contributed by atoms with Gasteiger partial charge in [-0.1, -0.05) is 62.6 Å². The number of benzene rings is 2. The first-order valence-electron chi connectivity index (χ1n) is 10.2. The van der Waals surface area contributed by atoms with Crippen molar-refractivity contribution >= 4 is 11.6 Å². The van der Waals surface area contributed by atoms with Gasteiger partial charge in [-0.15, -0.1) is 0 Å². The van der Waals surface area contributed by atoms with Gasteiger partial charge >= 0.3 is 0 Å². The van der Waals surface area contributed by atoms with E-state index >= 15 is 0 Å². The van der Waals surface area contributed by atoms with E-state index in [2.05, 4.69) is 26.0 Å². The molecule has 3 rings (SSSR count). The van der Waals surface area contributed by atoms with Crippen molar-refractivity contribution in [1.29, 1.82) is 0 Å². The highest BCUT2D eigenvalue weighted by molar-refractivity contribution is 6.32. The molecule has 1 aliphatic rings. The normalized spacial score (nSPS) is 21.1. The fourth-order valence-corrected chi connectivity index (χ4v) is 4.80. The summed E-state index contributed by atoms with van der Waals surface area (Å²) in [6.07, 6.45) is 7.82. The van der Waals surface area contributed by atoms with E-state index in [1.165, 1.54) is 51.2 Å². The zero-order valence-electron chi connectivity index (χ0n) is 16.6. The maximum atomic E-state index is 14.6. The summed E-state index contributed by atoms with van der Waals surface area (Å²) >= 11 is 6.06. The minimum Gasteiger partial charge on any atom is -0.495 e. The van der Waals surface area contributed by atoms with E-state index in [0.29, 0.717) is 17.2 Å². The molecule has 0 aromatic heterocycles. The Morgan fingerprint density at radius 2 is 1.74 bits per heavy atom. The Morgan fingerprint density at radius 3 is 2.33 bits per heavy atom. The molecule has 0 radical (unpaired) electrons. The summed E-state index contributed by atoms with van der Waals surface area (Å²) < 4.78 is 19.6. The van der Waals surface area contributed by atoms with Crippen LogP contribution in [-0.2, 0) is 0 Å². The lowest BCUT2D eigenvalue weighted by Crippen LogP contribution is -2.19. The van der Waals surface area contributed by atoms with Gasteiger partial charge < -0.3 is 4.74 Å². The van der Waals surface area contributed by atoms with Gasteiger partial charge in [-0.05, 0) is 66.7 Å². The van der Waals surface area contributed by atoms with Crippen LogP contribution in [0.4, 0.5) is 4.39 Å². The average molecular weight is 389 g/mol. The van der Waals surface area contributed by atoms with Crippen LogP contribution in [0.15, 0.2) is 36.4 Å². The zero-order chi connectivity index (χ0) is 19.4. The van der Waals surface area contributed by atoms with Crippen molar-refractivity contribution in [2.24, 2.45) is 11.8 Å². The molecule has 2 aromatic rings. The van der Waals surface area contributed by atoms with Crippen LogP contribution in [0.1, 0.15) is 63.9 Å². The van der Waals surface area contributed by atoms with Crippen LogP contribution in [0, 0.1) is 17.7 Å². The monoisotopic (exact) mass is 388 g/mol. The molecule has 0 amide bonds. The molecule has 0 bridgehead atoms. The van der Waals surface area contributed by atoms with Gasteiger partial charge in [0.05, 0.1) is 7.11 Å². The van der Waals surface area contributed by atoms with Gasteiger partial charge in [0.25, 0.3) is 0 Å². The van der Waals surface area contributed by atoms with Crippen LogP contribution < -0.4 is 4.74 Å². The number of ether oxygens (including phenoxy) is 1. The quantitative estimate of drug-likeness (QED) is 0.489. The molecule has 3 heteroatoms. The molecule has 1 fully saturated rings. The van der Waals surface area contributed by atoms with E-state index in [1.807, 2.05) is 12.1 Å². The first-order chi connectivity index (χ1) is 13.0. The first-order valence-corrected chi connectivity index (χ1v) is 10.5. The Balaban J connectivity index is 1.69. The highest BCUT2D eigenvalue weighted by Crippen LogP contribution is 2.40. The molecule has 0 N–H and O–H groups in total. The van der Waals surface area contributed by atoms with Gasteiger partial charge in [-0.2, -0.15) is 0 Å². The minimum absolute atomic E-state index is 0.0404. The minimum atomic E-state index is -0.422. The van der Waals surface area contributed by atoms with Crippen molar-refractivity contribution in [3.8, 4) is 16.9 Å². The van der Waals surface area contributed by atoms with E-state index < -0.39 is 5.82 Å². The molecule has 0 spiro atoms. The molecule has 146 valence electrons. The number of halogens is 2. The number of hydrogen-bond acceptors (Lipinski definition) is 1. The Bertz CT molecular complexity index is 748. The number of rotatable bonds is 6. The highest BCUT2D eigenvalue weighted by atomic mass is 35.5. The van der Waals surface area contributed by atoms with Crippen LogP contribution in [0.5, 0.6) is 5.75 Å². The molecule has 1 aliphatic carbocycles. The van der Waals surface area contributed by atoms with E-state index in [4.69, 9.17) is 16.3 Å². The standard InChI is InChI=1S/C24H30ClFO/c1-4-5-16(2)17-6-8-18(9-7-17)19-10-12-20(13-11-19)21-14-15-22(27-3)23(25)24(21)26/h10-18H,4-9H2,1-3H3. The van der Waals surface area contributed by atoms with Gasteiger partial charge in [0, 0.05) is 5.56 Å². The molecule has 0 heterocycles. The summed E-state index contributed by atoms with van der Waals surface area (Å²) in [6.45, 7) is 4.69. The van der Waals surface area contributed by atoms with Gasteiger partial charge in [-0.3, -0.25) is 0 Å². The van der Waals surface area contributed by atoms with E-state index in [-0.39, 0.29) is 5.02 Å². The summed E-state index contributed by atoms with van der Waals surface area (Å²) in [6, 6.07) is 11.8. The summed E-state index contributed by atoms with van der Waals surface area (Å²) in [5.41, 5.74) is 2.75. The zero-order valence-corrected chi connectivity index (χ0v) is 17.4. The molecule has 1 atom stereocenters. The van der Waals surface area contributed by atoms with Gasteiger partial charge in [0.2, 0.25) is 0 Å². The first kappa shape index (κ1) is 20.2. The molecule has 1 nitrogen and oxygen atoms in total. The maximum Gasteiger partial charge on any atom is 0.153 e. The summed E-state index contributed by atoms with van der Waals surface area (Å²) in [4.78, 5) is 0. The second kappa shape index (κ2) is 9.10.